The molecule has 0 radical (unpaired) electrons. The molecule has 0 bridgehead atoms. The SMILES string of the molecule is CC(N)C(=O)NCC(C)c1nccs1. The minimum atomic E-state index is -0.446. The standard InChI is InChI=1S/C9H15N3OS/c1-6(9-11-3-4-14-9)5-12-8(13)7(2)10/h3-4,6-7H,5,10H2,1-2H3,(H,12,13). The van der Waals surface area contributed by atoms with Gasteiger partial charge >= 0.3 is 0 Å². The highest BCUT2D eigenvalue weighted by Crippen LogP contribution is 2.16. The van der Waals surface area contributed by atoms with Crippen molar-refractivity contribution in [3.05, 3.63) is 16.6 Å². The molecule has 1 amide bonds. The molecule has 0 spiro atoms. The summed E-state index contributed by atoms with van der Waals surface area (Å²) in [4.78, 5) is 15.3. The number of nitrogens with one attached hydrogen (secondary N) is 1. The molecule has 1 aromatic heterocycles. The van der Waals surface area contributed by atoms with E-state index >= 15 is 0 Å². The number of carbonyl (C=O) groups is 1. The first-order valence-electron chi connectivity index (χ1n) is 4.54. The summed E-state index contributed by atoms with van der Waals surface area (Å²) in [5.74, 6) is 0.131. The van der Waals surface area contributed by atoms with Crippen LogP contribution in [0.1, 0.15) is 24.8 Å². The molecule has 0 aliphatic heterocycles. The molecule has 3 N–H and O–H groups in total. The Hall–Kier alpha value is -0.940. The van der Waals surface area contributed by atoms with Crippen LogP contribution >= 0.6 is 11.3 Å². The average Bonchev–Trinajstić information content (AvgIpc) is 2.66. The summed E-state index contributed by atoms with van der Waals surface area (Å²) < 4.78 is 0. The Morgan fingerprint density at radius 1 is 1.71 bits per heavy atom. The number of thiazole rings is 1. The van der Waals surface area contributed by atoms with E-state index in [1.165, 1.54) is 0 Å². The minimum Gasteiger partial charge on any atom is -0.354 e. The van der Waals surface area contributed by atoms with Crippen molar-refractivity contribution in [2.75, 3.05) is 6.54 Å². The van der Waals surface area contributed by atoms with Crippen molar-refractivity contribution in [1.82, 2.24) is 10.3 Å². The van der Waals surface area contributed by atoms with Crippen molar-refractivity contribution >= 4 is 17.2 Å². The van der Waals surface area contributed by atoms with Crippen LogP contribution in [0.5, 0.6) is 0 Å². The monoisotopic (exact) mass is 213 g/mol. The van der Waals surface area contributed by atoms with Gasteiger partial charge in [0.2, 0.25) is 5.91 Å². The van der Waals surface area contributed by atoms with Crippen molar-refractivity contribution in [3.8, 4) is 0 Å². The quantitative estimate of drug-likeness (QED) is 0.774. The minimum absolute atomic E-state index is 0.117. The van der Waals surface area contributed by atoms with E-state index in [0.29, 0.717) is 6.54 Å². The van der Waals surface area contributed by atoms with Gasteiger partial charge in [0, 0.05) is 24.0 Å². The zero-order valence-electron chi connectivity index (χ0n) is 8.36. The molecule has 2 unspecified atom stereocenters. The first-order chi connectivity index (χ1) is 6.61. The van der Waals surface area contributed by atoms with Crippen LogP contribution < -0.4 is 11.1 Å². The highest BCUT2D eigenvalue weighted by molar-refractivity contribution is 7.09. The second-order valence-electron chi connectivity index (χ2n) is 3.31. The van der Waals surface area contributed by atoms with Gasteiger partial charge in [0.25, 0.3) is 0 Å². The maximum Gasteiger partial charge on any atom is 0.236 e. The predicted octanol–water partition coefficient (Wildman–Crippen LogP) is 0.710. The lowest BCUT2D eigenvalue weighted by molar-refractivity contribution is -0.122. The Morgan fingerprint density at radius 2 is 2.43 bits per heavy atom. The van der Waals surface area contributed by atoms with Crippen molar-refractivity contribution in [1.29, 1.82) is 0 Å². The van der Waals surface area contributed by atoms with Gasteiger partial charge in [-0.15, -0.1) is 11.3 Å². The number of hydrogen-bond acceptors (Lipinski definition) is 4. The summed E-state index contributed by atoms with van der Waals surface area (Å²) in [6.07, 6.45) is 1.77. The molecule has 1 heterocycles. The van der Waals surface area contributed by atoms with Crippen LogP contribution in [0.4, 0.5) is 0 Å². The van der Waals surface area contributed by atoms with Crippen LogP contribution in [0.25, 0.3) is 0 Å². The molecule has 0 saturated heterocycles. The normalized spacial score (nSPS) is 14.8. The molecule has 14 heavy (non-hydrogen) atoms. The molecule has 5 heteroatoms. The summed E-state index contributed by atoms with van der Waals surface area (Å²) >= 11 is 1.60. The van der Waals surface area contributed by atoms with E-state index in [9.17, 15) is 4.79 Å². The van der Waals surface area contributed by atoms with Crippen LogP contribution in [-0.4, -0.2) is 23.5 Å². The number of amides is 1. The number of hydrogen-bond donors (Lipinski definition) is 2. The fourth-order valence-corrected chi connectivity index (χ4v) is 1.68. The van der Waals surface area contributed by atoms with Crippen LogP contribution in [0.2, 0.25) is 0 Å². The van der Waals surface area contributed by atoms with Gasteiger partial charge in [0.1, 0.15) is 0 Å². The maximum absolute atomic E-state index is 11.2. The number of carbonyl (C=O) groups excluding carboxylic acids is 1. The molecule has 0 aliphatic rings. The zero-order chi connectivity index (χ0) is 10.6. The van der Waals surface area contributed by atoms with E-state index in [-0.39, 0.29) is 11.8 Å². The summed E-state index contributed by atoms with van der Waals surface area (Å²) in [7, 11) is 0. The molecule has 0 aliphatic carbocycles. The fraction of sp³-hybridized carbons (Fsp3) is 0.556. The average molecular weight is 213 g/mol. The molecule has 1 rings (SSSR count). The Kier molecular flexibility index (Phi) is 4.03. The van der Waals surface area contributed by atoms with Gasteiger partial charge in [0.15, 0.2) is 0 Å². The van der Waals surface area contributed by atoms with Crippen molar-refractivity contribution < 1.29 is 4.79 Å². The third-order valence-electron chi connectivity index (χ3n) is 1.87. The van der Waals surface area contributed by atoms with Crippen molar-refractivity contribution in [2.45, 2.75) is 25.8 Å². The van der Waals surface area contributed by atoms with Gasteiger partial charge in [0.05, 0.1) is 11.0 Å². The highest BCUT2D eigenvalue weighted by atomic mass is 32.1. The number of nitrogens with two attached hydrogens (primary N) is 1. The Bertz CT molecular complexity index is 284. The van der Waals surface area contributed by atoms with E-state index in [2.05, 4.69) is 10.3 Å². The molecule has 4 nitrogen and oxygen atoms in total. The third kappa shape index (κ3) is 3.08. The molecule has 1 aromatic rings. The summed E-state index contributed by atoms with van der Waals surface area (Å²) in [6.45, 7) is 4.29. The van der Waals surface area contributed by atoms with Crippen LogP contribution in [0.15, 0.2) is 11.6 Å². The largest absolute Gasteiger partial charge is 0.354 e. The van der Waals surface area contributed by atoms with Crippen molar-refractivity contribution in [2.24, 2.45) is 5.73 Å². The summed E-state index contributed by atoms with van der Waals surface area (Å²) in [6, 6.07) is -0.446. The summed E-state index contributed by atoms with van der Waals surface area (Å²) in [5, 5.41) is 5.74. The van der Waals surface area contributed by atoms with E-state index in [4.69, 9.17) is 5.73 Å². The van der Waals surface area contributed by atoms with E-state index in [1.54, 1.807) is 24.5 Å². The smallest absolute Gasteiger partial charge is 0.236 e. The molecular formula is C9H15N3OS. The predicted molar refractivity (Wildman–Crippen MR) is 57.2 cm³/mol. The lowest BCUT2D eigenvalue weighted by atomic mass is 10.2. The zero-order valence-corrected chi connectivity index (χ0v) is 9.17. The van der Waals surface area contributed by atoms with Gasteiger partial charge in [-0.05, 0) is 6.92 Å². The van der Waals surface area contributed by atoms with Gasteiger partial charge < -0.3 is 11.1 Å². The Morgan fingerprint density at radius 3 is 2.93 bits per heavy atom. The van der Waals surface area contributed by atoms with Crippen LogP contribution in [0, 0.1) is 0 Å². The molecule has 0 aromatic carbocycles. The number of aromatic nitrogens is 1. The molecule has 0 fully saturated rings. The second-order valence-corrected chi connectivity index (χ2v) is 4.23. The highest BCUT2D eigenvalue weighted by Gasteiger charge is 2.11. The van der Waals surface area contributed by atoms with Gasteiger partial charge in [-0.1, -0.05) is 6.92 Å². The van der Waals surface area contributed by atoms with Gasteiger partial charge in [-0.3, -0.25) is 4.79 Å². The lowest BCUT2D eigenvalue weighted by Crippen LogP contribution is -2.39. The molecule has 78 valence electrons. The fourth-order valence-electron chi connectivity index (χ4n) is 0.980. The van der Waals surface area contributed by atoms with E-state index < -0.39 is 6.04 Å². The number of nitrogens with zero attached hydrogens (tertiary/aromatic N) is 1. The lowest BCUT2D eigenvalue weighted by Gasteiger charge is -2.11. The molecule has 2 atom stereocenters. The number of rotatable bonds is 4. The molecule has 0 saturated carbocycles. The van der Waals surface area contributed by atoms with Gasteiger partial charge in [-0.25, -0.2) is 4.98 Å². The summed E-state index contributed by atoms with van der Waals surface area (Å²) in [5.41, 5.74) is 5.42. The molecular weight excluding hydrogens is 198 g/mol. The van der Waals surface area contributed by atoms with Crippen molar-refractivity contribution in [3.63, 3.8) is 0 Å². The Balaban J connectivity index is 2.36. The van der Waals surface area contributed by atoms with Gasteiger partial charge in [-0.2, -0.15) is 0 Å². The topological polar surface area (TPSA) is 68.0 Å². The third-order valence-corrected chi connectivity index (χ3v) is 2.88. The second kappa shape index (κ2) is 5.07. The van der Waals surface area contributed by atoms with E-state index in [1.807, 2.05) is 12.3 Å². The maximum atomic E-state index is 11.2. The van der Waals surface area contributed by atoms with Crippen LogP contribution in [0.3, 0.4) is 0 Å². The van der Waals surface area contributed by atoms with E-state index in [0.717, 1.165) is 5.01 Å². The Labute approximate surface area is 87.5 Å². The van der Waals surface area contributed by atoms with Crippen LogP contribution in [-0.2, 0) is 4.79 Å². The first kappa shape index (κ1) is 11.1. The first-order valence-corrected chi connectivity index (χ1v) is 5.42.